The number of likely N-dealkylation sites (N-methyl/N-ethyl adjacent to an activating group) is 1. The van der Waals surface area contributed by atoms with Crippen LogP contribution in [0.15, 0.2) is 16.7 Å². The molecular formula is C12H22N2O. The van der Waals surface area contributed by atoms with Gasteiger partial charge in [0, 0.05) is 24.7 Å². The fourth-order valence-corrected chi connectivity index (χ4v) is 1.82. The van der Waals surface area contributed by atoms with Gasteiger partial charge in [-0.15, -0.1) is 0 Å². The van der Waals surface area contributed by atoms with Crippen molar-refractivity contribution < 1.29 is 4.42 Å². The molecule has 0 aliphatic carbocycles. The highest BCUT2D eigenvalue weighted by molar-refractivity contribution is 5.15. The Balaban J connectivity index is 2.53. The number of nitrogens with two attached hydrogens (primary N) is 1. The smallest absolute Gasteiger partial charge is 0.105 e. The first-order valence-corrected chi connectivity index (χ1v) is 5.62. The first-order valence-electron chi connectivity index (χ1n) is 5.62. The Labute approximate surface area is 92.2 Å². The highest BCUT2D eigenvalue weighted by Crippen LogP contribution is 2.14. The van der Waals surface area contributed by atoms with Crippen LogP contribution in [0.25, 0.3) is 0 Å². The van der Waals surface area contributed by atoms with Crippen molar-refractivity contribution in [1.82, 2.24) is 4.90 Å². The minimum atomic E-state index is 0.476. The van der Waals surface area contributed by atoms with Crippen molar-refractivity contribution in [3.63, 3.8) is 0 Å². The lowest BCUT2D eigenvalue weighted by atomic mass is 10.1. The van der Waals surface area contributed by atoms with E-state index >= 15 is 0 Å². The lowest BCUT2D eigenvalue weighted by molar-refractivity contribution is 0.225. The molecule has 0 saturated heterocycles. The molecular weight excluding hydrogens is 188 g/mol. The number of aryl methyl sites for hydroxylation is 1. The summed E-state index contributed by atoms with van der Waals surface area (Å²) in [6, 6.07) is 2.51. The quantitative estimate of drug-likeness (QED) is 0.782. The first kappa shape index (κ1) is 12.3. The van der Waals surface area contributed by atoms with Gasteiger partial charge in [0.05, 0.1) is 6.26 Å². The van der Waals surface area contributed by atoms with Crippen molar-refractivity contribution in [2.75, 3.05) is 13.6 Å². The largest absolute Gasteiger partial charge is 0.469 e. The Morgan fingerprint density at radius 2 is 2.27 bits per heavy atom. The van der Waals surface area contributed by atoms with Crippen molar-refractivity contribution in [2.45, 2.75) is 39.3 Å². The van der Waals surface area contributed by atoms with Crippen LogP contribution in [-0.4, -0.2) is 24.5 Å². The van der Waals surface area contributed by atoms with E-state index in [2.05, 4.69) is 18.9 Å². The fraction of sp³-hybridized carbons (Fsp3) is 0.667. The van der Waals surface area contributed by atoms with Gasteiger partial charge in [0.25, 0.3) is 0 Å². The van der Waals surface area contributed by atoms with Gasteiger partial charge >= 0.3 is 0 Å². The molecule has 1 atom stereocenters. The third-order valence-corrected chi connectivity index (χ3v) is 2.90. The van der Waals surface area contributed by atoms with E-state index < -0.39 is 0 Å². The van der Waals surface area contributed by atoms with Gasteiger partial charge in [0.15, 0.2) is 0 Å². The second kappa shape index (κ2) is 5.93. The summed E-state index contributed by atoms with van der Waals surface area (Å²) in [6.45, 7) is 5.84. The van der Waals surface area contributed by atoms with Gasteiger partial charge < -0.3 is 10.2 Å². The molecule has 3 nitrogen and oxygen atoms in total. The summed E-state index contributed by atoms with van der Waals surface area (Å²) in [5.41, 5.74) is 7.02. The molecule has 0 radical (unpaired) electrons. The van der Waals surface area contributed by atoms with Gasteiger partial charge in [-0.1, -0.05) is 13.3 Å². The van der Waals surface area contributed by atoms with E-state index in [0.717, 1.165) is 25.3 Å². The summed E-state index contributed by atoms with van der Waals surface area (Å²) in [4.78, 5) is 2.31. The lowest BCUT2D eigenvalue weighted by Gasteiger charge is -2.26. The third-order valence-electron chi connectivity index (χ3n) is 2.90. The SMILES string of the molecule is CCCC(CN)N(C)Cc1ccoc1C. The average molecular weight is 210 g/mol. The van der Waals surface area contributed by atoms with Crippen LogP contribution in [-0.2, 0) is 6.54 Å². The molecule has 86 valence electrons. The normalized spacial score (nSPS) is 13.4. The van der Waals surface area contributed by atoms with Gasteiger partial charge in [0.2, 0.25) is 0 Å². The Morgan fingerprint density at radius 1 is 1.53 bits per heavy atom. The second-order valence-electron chi connectivity index (χ2n) is 4.10. The zero-order chi connectivity index (χ0) is 11.3. The minimum Gasteiger partial charge on any atom is -0.469 e. The number of hydrogen-bond donors (Lipinski definition) is 1. The molecule has 3 heteroatoms. The van der Waals surface area contributed by atoms with Crippen LogP contribution in [0, 0.1) is 6.92 Å². The molecule has 1 heterocycles. The van der Waals surface area contributed by atoms with E-state index in [1.807, 2.05) is 13.0 Å². The summed E-state index contributed by atoms with van der Waals surface area (Å²) in [5, 5.41) is 0. The molecule has 1 aromatic heterocycles. The van der Waals surface area contributed by atoms with Crippen molar-refractivity contribution >= 4 is 0 Å². The summed E-state index contributed by atoms with van der Waals surface area (Å²) in [5.74, 6) is 1.01. The molecule has 1 rings (SSSR count). The van der Waals surface area contributed by atoms with E-state index in [4.69, 9.17) is 10.2 Å². The molecule has 0 aliphatic heterocycles. The molecule has 0 amide bonds. The molecule has 0 fully saturated rings. The maximum Gasteiger partial charge on any atom is 0.105 e. The predicted octanol–water partition coefficient (Wildman–Crippen LogP) is 2.15. The highest BCUT2D eigenvalue weighted by atomic mass is 16.3. The molecule has 0 saturated carbocycles. The van der Waals surface area contributed by atoms with Gasteiger partial charge in [-0.25, -0.2) is 0 Å². The minimum absolute atomic E-state index is 0.476. The van der Waals surface area contributed by atoms with E-state index in [0.29, 0.717) is 6.04 Å². The van der Waals surface area contributed by atoms with Gasteiger partial charge in [-0.05, 0) is 26.5 Å². The fourth-order valence-electron chi connectivity index (χ4n) is 1.82. The molecule has 15 heavy (non-hydrogen) atoms. The number of hydrogen-bond acceptors (Lipinski definition) is 3. The van der Waals surface area contributed by atoms with Gasteiger partial charge in [-0.2, -0.15) is 0 Å². The number of rotatable bonds is 6. The molecule has 1 aromatic rings. The van der Waals surface area contributed by atoms with Crippen LogP contribution in [0.4, 0.5) is 0 Å². The van der Waals surface area contributed by atoms with Crippen LogP contribution in [0.3, 0.4) is 0 Å². The Morgan fingerprint density at radius 3 is 2.73 bits per heavy atom. The Hall–Kier alpha value is -0.800. The average Bonchev–Trinajstić information content (AvgIpc) is 2.60. The zero-order valence-electron chi connectivity index (χ0n) is 9.99. The van der Waals surface area contributed by atoms with Gasteiger partial charge in [-0.3, -0.25) is 4.90 Å². The second-order valence-corrected chi connectivity index (χ2v) is 4.10. The van der Waals surface area contributed by atoms with E-state index in [1.54, 1.807) is 6.26 Å². The van der Waals surface area contributed by atoms with E-state index in [-0.39, 0.29) is 0 Å². The van der Waals surface area contributed by atoms with Crippen molar-refractivity contribution in [1.29, 1.82) is 0 Å². The topological polar surface area (TPSA) is 42.4 Å². The van der Waals surface area contributed by atoms with E-state index in [1.165, 1.54) is 12.0 Å². The van der Waals surface area contributed by atoms with E-state index in [9.17, 15) is 0 Å². The Bertz CT molecular complexity index is 283. The van der Waals surface area contributed by atoms with Crippen LogP contribution < -0.4 is 5.73 Å². The summed E-state index contributed by atoms with van der Waals surface area (Å²) < 4.78 is 5.28. The standard InChI is InChI=1S/C12H22N2O/c1-4-5-12(8-13)14(3)9-11-6-7-15-10(11)2/h6-7,12H,4-5,8-9,13H2,1-3H3. The molecule has 0 aromatic carbocycles. The Kier molecular flexibility index (Phi) is 4.85. The summed E-state index contributed by atoms with van der Waals surface area (Å²) in [7, 11) is 2.12. The lowest BCUT2D eigenvalue weighted by Crippen LogP contribution is -2.37. The number of nitrogens with zero attached hydrogens (tertiary/aromatic N) is 1. The van der Waals surface area contributed by atoms with Gasteiger partial charge in [0.1, 0.15) is 5.76 Å². The van der Waals surface area contributed by atoms with Crippen molar-refractivity contribution in [2.24, 2.45) is 5.73 Å². The summed E-state index contributed by atoms with van der Waals surface area (Å²) in [6.07, 6.45) is 4.08. The molecule has 2 N–H and O–H groups in total. The monoisotopic (exact) mass is 210 g/mol. The molecule has 1 unspecified atom stereocenters. The summed E-state index contributed by atoms with van der Waals surface area (Å²) >= 11 is 0. The van der Waals surface area contributed by atoms with Crippen LogP contribution in [0.2, 0.25) is 0 Å². The maximum absolute atomic E-state index is 5.76. The first-order chi connectivity index (χ1) is 7.19. The van der Waals surface area contributed by atoms with Crippen LogP contribution in [0.1, 0.15) is 31.1 Å². The molecule has 0 bridgehead atoms. The third kappa shape index (κ3) is 3.36. The maximum atomic E-state index is 5.76. The predicted molar refractivity (Wildman–Crippen MR) is 62.7 cm³/mol. The van der Waals surface area contributed by atoms with Crippen LogP contribution >= 0.6 is 0 Å². The van der Waals surface area contributed by atoms with Crippen LogP contribution in [0.5, 0.6) is 0 Å². The number of furan rings is 1. The van der Waals surface area contributed by atoms with Crippen molar-refractivity contribution in [3.8, 4) is 0 Å². The molecule has 0 aliphatic rings. The highest BCUT2D eigenvalue weighted by Gasteiger charge is 2.13. The van der Waals surface area contributed by atoms with Crippen molar-refractivity contribution in [3.05, 3.63) is 23.7 Å². The zero-order valence-corrected chi connectivity index (χ0v) is 9.99. The molecule has 0 spiro atoms.